The normalized spacial score (nSPS) is 16.6. The fourth-order valence-corrected chi connectivity index (χ4v) is 5.22. The van der Waals surface area contributed by atoms with Gasteiger partial charge in [0.1, 0.15) is 4.83 Å². The molecule has 4 nitrogen and oxygen atoms in total. The number of hydrogen-bond donors (Lipinski definition) is 1. The average molecular weight is 402 g/mol. The maximum Gasteiger partial charge on any atom is 0.262 e. The second-order valence-corrected chi connectivity index (χ2v) is 8.68. The number of hydrogen-bond acceptors (Lipinski definition) is 4. The van der Waals surface area contributed by atoms with Gasteiger partial charge >= 0.3 is 0 Å². The Bertz CT molecular complexity index is 1010. The van der Waals surface area contributed by atoms with Gasteiger partial charge in [-0.05, 0) is 42.9 Å². The molecule has 0 fully saturated rings. The minimum absolute atomic E-state index is 0.133. The van der Waals surface area contributed by atoms with Gasteiger partial charge in [0.05, 0.1) is 11.7 Å². The van der Waals surface area contributed by atoms with E-state index in [-0.39, 0.29) is 5.56 Å². The van der Waals surface area contributed by atoms with Crippen LogP contribution in [0.25, 0.3) is 10.2 Å². The maximum absolute atomic E-state index is 12.9. The number of nitrogens with one attached hydrogen (secondary N) is 1. The van der Waals surface area contributed by atoms with Crippen LogP contribution < -0.4 is 10.9 Å². The van der Waals surface area contributed by atoms with Crippen LogP contribution in [0.15, 0.2) is 35.4 Å². The minimum Gasteiger partial charge on any atom is -0.309 e. The number of thiophene rings is 1. The molecule has 2 aromatic heterocycles. The van der Waals surface area contributed by atoms with Gasteiger partial charge in [-0.1, -0.05) is 43.1 Å². The third-order valence-electron chi connectivity index (χ3n) is 5.33. The molecule has 4 rings (SSSR count). The van der Waals surface area contributed by atoms with Crippen molar-refractivity contribution in [2.75, 3.05) is 0 Å². The van der Waals surface area contributed by atoms with Gasteiger partial charge in [0.25, 0.3) is 5.56 Å². The van der Waals surface area contributed by atoms with Crippen LogP contribution in [0, 0.1) is 0 Å². The van der Waals surface area contributed by atoms with E-state index in [9.17, 15) is 4.79 Å². The second-order valence-electron chi connectivity index (χ2n) is 7.19. The number of aryl methyl sites for hydroxylation is 2. The minimum atomic E-state index is 0.133. The summed E-state index contributed by atoms with van der Waals surface area (Å²) in [4.78, 5) is 19.7. The highest BCUT2D eigenvalue weighted by atomic mass is 35.5. The van der Waals surface area contributed by atoms with E-state index in [1.54, 1.807) is 22.2 Å². The van der Waals surface area contributed by atoms with Crippen molar-refractivity contribution < 1.29 is 0 Å². The van der Waals surface area contributed by atoms with Crippen molar-refractivity contribution in [3.8, 4) is 0 Å². The largest absolute Gasteiger partial charge is 0.309 e. The monoisotopic (exact) mass is 401 g/mol. The molecule has 3 aromatic rings. The Morgan fingerprint density at radius 2 is 2.22 bits per heavy atom. The van der Waals surface area contributed by atoms with Gasteiger partial charge in [0.15, 0.2) is 0 Å². The maximum atomic E-state index is 12.9. The lowest BCUT2D eigenvalue weighted by molar-refractivity contribution is 0.462. The number of unbranched alkanes of at least 4 members (excludes halogenated alkanes) is 1. The van der Waals surface area contributed by atoms with Crippen LogP contribution in [0.1, 0.15) is 42.2 Å². The number of aromatic nitrogens is 2. The summed E-state index contributed by atoms with van der Waals surface area (Å²) in [6.45, 7) is 3.66. The molecule has 1 aliphatic rings. The summed E-state index contributed by atoms with van der Waals surface area (Å²) in [7, 11) is 0. The molecule has 2 heterocycles. The van der Waals surface area contributed by atoms with Crippen LogP contribution in [-0.2, 0) is 25.9 Å². The summed E-state index contributed by atoms with van der Waals surface area (Å²) in [5, 5.41) is 5.30. The predicted molar refractivity (Wildman–Crippen MR) is 113 cm³/mol. The Labute approximate surface area is 168 Å². The molecule has 0 saturated carbocycles. The summed E-state index contributed by atoms with van der Waals surface area (Å²) < 4.78 is 1.78. The Morgan fingerprint density at radius 3 is 3.04 bits per heavy atom. The van der Waals surface area contributed by atoms with Gasteiger partial charge < -0.3 is 5.32 Å². The fourth-order valence-electron chi connectivity index (χ4n) is 3.76. The van der Waals surface area contributed by atoms with Crippen LogP contribution in [0.3, 0.4) is 0 Å². The lowest BCUT2D eigenvalue weighted by atomic mass is 9.93. The number of fused-ring (bicyclic) bond motifs is 3. The van der Waals surface area contributed by atoms with E-state index >= 15 is 0 Å². The van der Waals surface area contributed by atoms with E-state index in [1.165, 1.54) is 10.4 Å². The first kappa shape index (κ1) is 18.7. The first-order chi connectivity index (χ1) is 13.2. The van der Waals surface area contributed by atoms with Gasteiger partial charge in [-0.25, -0.2) is 4.98 Å². The lowest BCUT2D eigenvalue weighted by Crippen LogP contribution is -2.34. The van der Waals surface area contributed by atoms with Crippen molar-refractivity contribution in [2.45, 2.75) is 58.2 Å². The van der Waals surface area contributed by atoms with Crippen molar-refractivity contribution in [3.63, 3.8) is 0 Å². The molecule has 1 N–H and O–H groups in total. The fraction of sp³-hybridized carbons (Fsp3) is 0.429. The molecular formula is C21H24ClN3OS. The third kappa shape index (κ3) is 3.82. The van der Waals surface area contributed by atoms with Crippen molar-refractivity contribution in [1.29, 1.82) is 0 Å². The first-order valence-electron chi connectivity index (χ1n) is 9.64. The van der Waals surface area contributed by atoms with E-state index in [4.69, 9.17) is 11.6 Å². The van der Waals surface area contributed by atoms with Gasteiger partial charge in [-0.3, -0.25) is 9.36 Å². The van der Waals surface area contributed by atoms with Gasteiger partial charge in [-0.15, -0.1) is 11.3 Å². The molecule has 27 heavy (non-hydrogen) atoms. The Kier molecular flexibility index (Phi) is 5.62. The zero-order valence-corrected chi connectivity index (χ0v) is 17.1. The van der Waals surface area contributed by atoms with Crippen LogP contribution in [0.2, 0.25) is 5.02 Å². The van der Waals surface area contributed by atoms with E-state index in [0.29, 0.717) is 6.04 Å². The van der Waals surface area contributed by atoms with E-state index in [0.717, 1.165) is 66.0 Å². The van der Waals surface area contributed by atoms with Crippen LogP contribution in [0.5, 0.6) is 0 Å². The Hall–Kier alpha value is -1.69. The molecule has 0 spiro atoms. The topological polar surface area (TPSA) is 46.9 Å². The third-order valence-corrected chi connectivity index (χ3v) is 6.86. The van der Waals surface area contributed by atoms with E-state index < -0.39 is 0 Å². The Balaban J connectivity index is 1.53. The second kappa shape index (κ2) is 8.13. The van der Waals surface area contributed by atoms with E-state index in [1.807, 2.05) is 18.2 Å². The first-order valence-corrected chi connectivity index (χ1v) is 10.8. The molecule has 0 amide bonds. The molecule has 6 heteroatoms. The summed E-state index contributed by atoms with van der Waals surface area (Å²) >= 11 is 7.95. The molecule has 0 aliphatic heterocycles. The number of rotatable bonds is 6. The number of benzene rings is 1. The SMILES string of the molecule is CCCCn1cnc2sc3c(c2c1=O)CC[C@@H](NCc1ccccc1Cl)C3. The molecule has 0 unspecified atom stereocenters. The van der Waals surface area contributed by atoms with Crippen LogP contribution >= 0.6 is 22.9 Å². The summed E-state index contributed by atoms with van der Waals surface area (Å²) in [5.74, 6) is 0. The zero-order valence-electron chi connectivity index (χ0n) is 15.5. The van der Waals surface area contributed by atoms with Crippen molar-refractivity contribution >= 4 is 33.2 Å². The van der Waals surface area contributed by atoms with Crippen molar-refractivity contribution in [2.24, 2.45) is 0 Å². The van der Waals surface area contributed by atoms with Gasteiger partial charge in [0.2, 0.25) is 0 Å². The molecule has 1 atom stereocenters. The van der Waals surface area contributed by atoms with Crippen LogP contribution in [-0.4, -0.2) is 15.6 Å². The summed E-state index contributed by atoms with van der Waals surface area (Å²) in [5.41, 5.74) is 2.49. The molecule has 0 bridgehead atoms. The standard InChI is InChI=1S/C21H24ClN3OS/c1-2-3-10-25-13-24-20-19(21(25)26)16-9-8-15(11-18(16)27-20)23-12-14-6-4-5-7-17(14)22/h4-7,13,15,23H,2-3,8-12H2,1H3/t15-/m1/s1. The zero-order chi connectivity index (χ0) is 18.8. The molecule has 142 valence electrons. The number of nitrogens with zero attached hydrogens (tertiary/aromatic N) is 2. The number of halogens is 1. The quantitative estimate of drug-likeness (QED) is 0.658. The predicted octanol–water partition coefficient (Wildman–Crippen LogP) is 4.56. The van der Waals surface area contributed by atoms with Crippen LogP contribution in [0.4, 0.5) is 0 Å². The lowest BCUT2D eigenvalue weighted by Gasteiger charge is -2.23. The molecular weight excluding hydrogens is 378 g/mol. The average Bonchev–Trinajstić information content (AvgIpc) is 3.05. The molecule has 0 radical (unpaired) electrons. The highest BCUT2D eigenvalue weighted by molar-refractivity contribution is 7.18. The van der Waals surface area contributed by atoms with Crippen molar-refractivity contribution in [1.82, 2.24) is 14.9 Å². The summed E-state index contributed by atoms with van der Waals surface area (Å²) in [6, 6.07) is 8.37. The Morgan fingerprint density at radius 1 is 1.37 bits per heavy atom. The molecule has 0 saturated heterocycles. The smallest absolute Gasteiger partial charge is 0.262 e. The summed E-state index contributed by atoms with van der Waals surface area (Å²) in [6.07, 6.45) is 6.72. The molecule has 1 aromatic carbocycles. The van der Waals surface area contributed by atoms with E-state index in [2.05, 4.69) is 23.3 Å². The highest BCUT2D eigenvalue weighted by Crippen LogP contribution is 2.33. The van der Waals surface area contributed by atoms with Gasteiger partial charge in [-0.2, -0.15) is 0 Å². The van der Waals surface area contributed by atoms with Gasteiger partial charge in [0, 0.05) is 29.0 Å². The molecule has 1 aliphatic carbocycles. The van der Waals surface area contributed by atoms with Crippen molar-refractivity contribution in [3.05, 3.63) is 62.0 Å². The highest BCUT2D eigenvalue weighted by Gasteiger charge is 2.25.